The zero-order chi connectivity index (χ0) is 21.8. The smallest absolute Gasteiger partial charge is 0.248 e. The maximum atomic E-state index is 13.1. The fourth-order valence-electron chi connectivity index (χ4n) is 3.94. The lowest BCUT2D eigenvalue weighted by atomic mass is 9.98. The number of anilines is 1. The number of halogens is 1. The van der Waals surface area contributed by atoms with Crippen LogP contribution in [0.5, 0.6) is 5.75 Å². The summed E-state index contributed by atoms with van der Waals surface area (Å²) in [4.78, 5) is 22.6. The number of primary amides is 1. The van der Waals surface area contributed by atoms with Crippen molar-refractivity contribution >= 4 is 11.9 Å². The highest BCUT2D eigenvalue weighted by Crippen LogP contribution is 2.36. The average Bonchev–Trinajstić information content (AvgIpc) is 3.23. The highest BCUT2D eigenvalue weighted by atomic mass is 19.1. The minimum atomic E-state index is -0.486. The number of nitrogens with two attached hydrogens (primary N) is 2. The predicted octanol–water partition coefficient (Wildman–Crippen LogP) is 3.18. The fourth-order valence-corrected chi connectivity index (χ4v) is 3.94. The van der Waals surface area contributed by atoms with Crippen LogP contribution in [0.15, 0.2) is 54.7 Å². The summed E-state index contributed by atoms with van der Waals surface area (Å²) in [6.07, 6.45) is 3.64. The summed E-state index contributed by atoms with van der Waals surface area (Å²) >= 11 is 0. The van der Waals surface area contributed by atoms with E-state index in [2.05, 4.69) is 14.9 Å². The molecule has 1 fully saturated rings. The van der Waals surface area contributed by atoms with Crippen molar-refractivity contribution in [3.05, 3.63) is 71.8 Å². The number of rotatable bonds is 7. The van der Waals surface area contributed by atoms with Gasteiger partial charge in [0.15, 0.2) is 0 Å². The van der Waals surface area contributed by atoms with Crippen LogP contribution in [0.3, 0.4) is 0 Å². The van der Waals surface area contributed by atoms with E-state index in [4.69, 9.17) is 16.2 Å². The summed E-state index contributed by atoms with van der Waals surface area (Å²) in [7, 11) is 0. The zero-order valence-corrected chi connectivity index (χ0v) is 17.0. The zero-order valence-electron chi connectivity index (χ0n) is 17.0. The third kappa shape index (κ3) is 4.80. The number of hydrogen-bond acceptors (Lipinski definition) is 6. The van der Waals surface area contributed by atoms with E-state index in [9.17, 15) is 9.18 Å². The van der Waals surface area contributed by atoms with E-state index < -0.39 is 5.91 Å². The quantitative estimate of drug-likeness (QED) is 0.607. The molecule has 2 aromatic carbocycles. The van der Waals surface area contributed by atoms with Gasteiger partial charge in [0.05, 0.1) is 11.7 Å². The number of amides is 1. The first-order chi connectivity index (χ1) is 15.0. The largest absolute Gasteiger partial charge is 0.492 e. The van der Waals surface area contributed by atoms with Crippen molar-refractivity contribution in [2.24, 2.45) is 5.73 Å². The van der Waals surface area contributed by atoms with Crippen LogP contribution in [-0.2, 0) is 0 Å². The van der Waals surface area contributed by atoms with Crippen LogP contribution in [-0.4, -0.2) is 40.5 Å². The van der Waals surface area contributed by atoms with E-state index in [-0.39, 0.29) is 17.8 Å². The molecule has 1 aromatic heterocycles. The van der Waals surface area contributed by atoms with Crippen molar-refractivity contribution in [3.63, 3.8) is 0 Å². The summed E-state index contributed by atoms with van der Waals surface area (Å²) in [5.41, 5.74) is 14.3. The predicted molar refractivity (Wildman–Crippen MR) is 116 cm³/mol. The van der Waals surface area contributed by atoms with E-state index in [1.165, 1.54) is 12.1 Å². The minimum absolute atomic E-state index is 0.0503. The second-order valence-corrected chi connectivity index (χ2v) is 7.47. The van der Waals surface area contributed by atoms with E-state index in [0.717, 1.165) is 36.2 Å². The Kier molecular flexibility index (Phi) is 6.08. The van der Waals surface area contributed by atoms with Gasteiger partial charge in [0.2, 0.25) is 11.9 Å². The highest BCUT2D eigenvalue weighted by Gasteiger charge is 2.29. The molecule has 1 saturated heterocycles. The number of carbonyl (C=O) groups is 1. The molecule has 0 spiro atoms. The third-order valence-corrected chi connectivity index (χ3v) is 5.44. The summed E-state index contributed by atoms with van der Waals surface area (Å²) in [6, 6.07) is 13.2. The van der Waals surface area contributed by atoms with Crippen molar-refractivity contribution in [1.82, 2.24) is 14.9 Å². The molecule has 0 radical (unpaired) electrons. The Morgan fingerprint density at radius 2 is 2.03 bits per heavy atom. The van der Waals surface area contributed by atoms with Crippen molar-refractivity contribution < 1.29 is 13.9 Å². The van der Waals surface area contributed by atoms with Crippen molar-refractivity contribution in [2.75, 3.05) is 25.4 Å². The normalized spacial score (nSPS) is 16.4. The number of aromatic nitrogens is 2. The minimum Gasteiger partial charge on any atom is -0.492 e. The molecular weight excluding hydrogens is 397 g/mol. The van der Waals surface area contributed by atoms with Gasteiger partial charge in [-0.1, -0.05) is 12.1 Å². The maximum absolute atomic E-state index is 13.1. The van der Waals surface area contributed by atoms with Crippen molar-refractivity contribution in [3.8, 4) is 16.9 Å². The molecule has 2 heterocycles. The molecule has 1 atom stereocenters. The lowest BCUT2D eigenvalue weighted by Gasteiger charge is -2.26. The van der Waals surface area contributed by atoms with Gasteiger partial charge in [0.1, 0.15) is 18.2 Å². The molecule has 1 aliphatic rings. The van der Waals surface area contributed by atoms with Gasteiger partial charge < -0.3 is 16.2 Å². The number of hydrogen-bond donors (Lipinski definition) is 2. The standard InChI is InChI=1S/C23H24FN5O2/c24-17-6-8-18(9-7-17)31-12-11-29-10-2-5-20(29)21-19(14-27-23(26)28-21)15-3-1-4-16(13-15)22(25)30/h1,3-4,6-9,13-14,20H,2,5,10-12H2,(H2,25,30)(H2,26,27,28). The third-order valence-electron chi connectivity index (χ3n) is 5.44. The lowest BCUT2D eigenvalue weighted by molar-refractivity contribution is 0.100. The maximum Gasteiger partial charge on any atom is 0.248 e. The number of nitrogen functional groups attached to an aromatic ring is 1. The number of benzene rings is 2. The molecule has 0 aliphatic carbocycles. The van der Waals surface area contributed by atoms with Gasteiger partial charge in [-0.2, -0.15) is 0 Å². The van der Waals surface area contributed by atoms with Crippen molar-refractivity contribution in [1.29, 1.82) is 0 Å². The number of carbonyl (C=O) groups excluding carboxylic acids is 1. The first-order valence-electron chi connectivity index (χ1n) is 10.2. The van der Waals surface area contributed by atoms with E-state index in [0.29, 0.717) is 24.5 Å². The van der Waals surface area contributed by atoms with Gasteiger partial charge in [-0.25, -0.2) is 14.4 Å². The molecule has 0 bridgehead atoms. The Morgan fingerprint density at radius 3 is 2.81 bits per heavy atom. The Labute approximate surface area is 179 Å². The van der Waals surface area contributed by atoms with Gasteiger partial charge in [-0.3, -0.25) is 9.69 Å². The topological polar surface area (TPSA) is 107 Å². The fraction of sp³-hybridized carbons (Fsp3) is 0.261. The Morgan fingerprint density at radius 1 is 1.23 bits per heavy atom. The summed E-state index contributed by atoms with van der Waals surface area (Å²) in [5.74, 6) is 0.0630. The molecule has 0 saturated carbocycles. The molecule has 7 nitrogen and oxygen atoms in total. The molecule has 160 valence electrons. The molecule has 31 heavy (non-hydrogen) atoms. The number of ether oxygens (including phenoxy) is 1. The molecule has 1 unspecified atom stereocenters. The second-order valence-electron chi connectivity index (χ2n) is 7.47. The van der Waals surface area contributed by atoms with Gasteiger partial charge in [0.25, 0.3) is 0 Å². The molecule has 8 heteroatoms. The van der Waals surface area contributed by atoms with Crippen LogP contribution in [0.25, 0.3) is 11.1 Å². The Hall–Kier alpha value is -3.52. The second kappa shape index (κ2) is 9.09. The van der Waals surface area contributed by atoms with Crippen LogP contribution in [0.2, 0.25) is 0 Å². The lowest BCUT2D eigenvalue weighted by Crippen LogP contribution is -2.29. The highest BCUT2D eigenvalue weighted by molar-refractivity contribution is 5.94. The monoisotopic (exact) mass is 421 g/mol. The summed E-state index contributed by atoms with van der Waals surface area (Å²) < 4.78 is 18.8. The summed E-state index contributed by atoms with van der Waals surface area (Å²) in [6.45, 7) is 2.06. The summed E-state index contributed by atoms with van der Waals surface area (Å²) in [5, 5.41) is 0. The molecule has 3 aromatic rings. The Bertz CT molecular complexity index is 1070. The van der Waals surface area contributed by atoms with Gasteiger partial charge in [-0.15, -0.1) is 0 Å². The first kappa shape index (κ1) is 20.7. The number of nitrogens with zero attached hydrogens (tertiary/aromatic N) is 3. The molecular formula is C23H24FN5O2. The van der Waals surface area contributed by atoms with Crippen LogP contribution >= 0.6 is 0 Å². The molecule has 4 rings (SSSR count). The van der Waals surface area contributed by atoms with Crippen LogP contribution < -0.4 is 16.2 Å². The van der Waals surface area contributed by atoms with Gasteiger partial charge in [0, 0.05) is 23.9 Å². The van der Waals surface area contributed by atoms with E-state index in [1.54, 1.807) is 36.5 Å². The first-order valence-corrected chi connectivity index (χ1v) is 10.2. The van der Waals surface area contributed by atoms with Crippen molar-refractivity contribution in [2.45, 2.75) is 18.9 Å². The SMILES string of the molecule is NC(=O)c1cccc(-c2cnc(N)nc2C2CCCN2CCOc2ccc(F)cc2)c1. The van der Waals surface area contributed by atoms with Gasteiger partial charge in [-0.05, 0) is 61.3 Å². The number of likely N-dealkylation sites (tertiary alicyclic amines) is 1. The average molecular weight is 421 g/mol. The van der Waals surface area contributed by atoms with Crippen LogP contribution in [0, 0.1) is 5.82 Å². The van der Waals surface area contributed by atoms with Crippen LogP contribution in [0.1, 0.15) is 34.9 Å². The molecule has 1 aliphatic heterocycles. The van der Waals surface area contributed by atoms with Gasteiger partial charge >= 0.3 is 0 Å². The van der Waals surface area contributed by atoms with Crippen LogP contribution in [0.4, 0.5) is 10.3 Å². The molecule has 1 amide bonds. The van der Waals surface area contributed by atoms with E-state index in [1.807, 2.05) is 6.07 Å². The van der Waals surface area contributed by atoms with E-state index >= 15 is 0 Å². The Balaban J connectivity index is 1.55. The molecule has 4 N–H and O–H groups in total.